The number of hydrogen-bond donors (Lipinski definition) is 1. The van der Waals surface area contributed by atoms with E-state index in [0.717, 1.165) is 10.9 Å². The summed E-state index contributed by atoms with van der Waals surface area (Å²) in [6.07, 6.45) is 4.66. The van der Waals surface area contributed by atoms with Crippen molar-refractivity contribution in [3.63, 3.8) is 0 Å². The molecule has 2 amide bonds. The highest BCUT2D eigenvalue weighted by Gasteiger charge is 2.61. The Balaban J connectivity index is 1.28. The maximum atomic E-state index is 14.0. The van der Waals surface area contributed by atoms with Crippen LogP contribution in [0.5, 0.6) is 11.6 Å². The number of pyridine rings is 1. The van der Waals surface area contributed by atoms with Crippen LogP contribution in [0, 0.1) is 5.92 Å². The molecule has 47 heavy (non-hydrogen) atoms. The van der Waals surface area contributed by atoms with Crippen molar-refractivity contribution in [2.24, 2.45) is 5.92 Å². The summed E-state index contributed by atoms with van der Waals surface area (Å²) in [6.45, 7) is 8.95. The van der Waals surface area contributed by atoms with Gasteiger partial charge in [-0.3, -0.25) is 14.5 Å². The lowest BCUT2D eigenvalue weighted by Crippen LogP contribution is -2.54. The number of aromatic nitrogens is 1. The van der Waals surface area contributed by atoms with Gasteiger partial charge in [0.05, 0.1) is 37.1 Å². The van der Waals surface area contributed by atoms with Gasteiger partial charge in [-0.1, -0.05) is 6.08 Å². The van der Waals surface area contributed by atoms with E-state index in [9.17, 15) is 22.8 Å². The van der Waals surface area contributed by atoms with Crippen molar-refractivity contribution in [1.29, 1.82) is 0 Å². The van der Waals surface area contributed by atoms with Crippen LogP contribution in [0.1, 0.15) is 46.5 Å². The maximum absolute atomic E-state index is 14.0. The van der Waals surface area contributed by atoms with Gasteiger partial charge in [-0.15, -0.1) is 6.58 Å². The van der Waals surface area contributed by atoms with Crippen molar-refractivity contribution in [3.8, 4) is 22.9 Å². The molecule has 250 valence electrons. The number of carbonyl (C=O) groups is 3. The van der Waals surface area contributed by atoms with Crippen molar-refractivity contribution in [2.45, 2.75) is 75.0 Å². The largest absolute Gasteiger partial charge is 0.497 e. The molecule has 1 N–H and O–H groups in total. The van der Waals surface area contributed by atoms with E-state index >= 15 is 0 Å². The highest BCUT2D eigenvalue weighted by molar-refractivity contribution is 7.93. The van der Waals surface area contributed by atoms with Gasteiger partial charge in [-0.25, -0.2) is 18.2 Å². The molecule has 2 aliphatic carbocycles. The van der Waals surface area contributed by atoms with E-state index in [2.05, 4.69) is 11.9 Å². The zero-order valence-electron chi connectivity index (χ0n) is 26.9. The molecule has 2 saturated carbocycles. The maximum Gasteiger partial charge on any atom is 0.411 e. The smallest absolute Gasteiger partial charge is 0.411 e. The molecule has 1 saturated heterocycles. The van der Waals surface area contributed by atoms with Crippen molar-refractivity contribution in [3.05, 3.63) is 55.5 Å². The van der Waals surface area contributed by atoms with Crippen LogP contribution in [0.25, 0.3) is 22.0 Å². The van der Waals surface area contributed by atoms with E-state index in [1.54, 1.807) is 58.6 Å². The predicted molar refractivity (Wildman–Crippen MR) is 173 cm³/mol. The molecule has 1 aliphatic heterocycles. The molecule has 0 spiro atoms. The third-order valence-corrected chi connectivity index (χ3v) is 11.0. The molecule has 0 radical (unpaired) electrons. The number of sulfone groups is 1. The molecule has 3 aliphatic rings. The lowest BCUT2D eigenvalue weighted by atomic mass is 10.1. The molecule has 13 heteroatoms. The number of amides is 2. The zero-order chi connectivity index (χ0) is 33.7. The Morgan fingerprint density at radius 3 is 2.57 bits per heavy atom. The monoisotopic (exact) mass is 665 g/mol. The minimum Gasteiger partial charge on any atom is -0.497 e. The van der Waals surface area contributed by atoms with Gasteiger partial charge in [-0.05, 0) is 75.8 Å². The van der Waals surface area contributed by atoms with Gasteiger partial charge in [0, 0.05) is 23.3 Å². The van der Waals surface area contributed by atoms with Gasteiger partial charge in [0.1, 0.15) is 34.8 Å². The molecule has 2 aromatic heterocycles. The van der Waals surface area contributed by atoms with Gasteiger partial charge in [0.25, 0.3) is 0 Å². The molecule has 3 aromatic rings. The molecule has 0 unspecified atom stereocenters. The fraction of sp³-hybridized carbons (Fsp3) is 0.471. The summed E-state index contributed by atoms with van der Waals surface area (Å²) >= 11 is 0. The van der Waals surface area contributed by atoms with Crippen LogP contribution >= 0.6 is 0 Å². The first-order chi connectivity index (χ1) is 22.2. The Morgan fingerprint density at radius 2 is 1.96 bits per heavy atom. The van der Waals surface area contributed by atoms with E-state index in [0.29, 0.717) is 35.6 Å². The number of nitrogens with one attached hydrogen (secondary N) is 1. The second kappa shape index (κ2) is 12.0. The minimum absolute atomic E-state index is 0.00413. The molecular weight excluding hydrogens is 626 g/mol. The molecule has 4 atom stereocenters. The Labute approximate surface area is 273 Å². The summed E-state index contributed by atoms with van der Waals surface area (Å²) < 4.78 is 48.1. The number of benzene rings is 1. The Hall–Kier alpha value is -4.39. The van der Waals surface area contributed by atoms with E-state index in [1.165, 1.54) is 4.90 Å². The van der Waals surface area contributed by atoms with Crippen LogP contribution in [-0.4, -0.2) is 84.0 Å². The fourth-order valence-corrected chi connectivity index (χ4v) is 7.77. The van der Waals surface area contributed by atoms with Crippen LogP contribution in [0.4, 0.5) is 4.79 Å². The highest BCUT2D eigenvalue weighted by atomic mass is 32.2. The van der Waals surface area contributed by atoms with Crippen LogP contribution in [-0.2, 0) is 24.2 Å². The summed E-state index contributed by atoms with van der Waals surface area (Å²) in [4.78, 5) is 46.9. The number of carbonyl (C=O) groups excluding carboxylic acids is 3. The standard InChI is InChI=1S/C34H39N3O9S/c1-6-22-16-34(22,29(38)19-47(41,42)25-8-9-25)36-30(39)28-15-24(17-37(28)32(40)46-33(2,3)4)45-31-26-10-7-23(43-5)13-21(26)14-27(35-31)20-11-12-44-18-20/h6-7,10-14,18,22,24-25,28H,1,8-9,15-17,19H2,2-5H3,(H,36,39)/t22-,24-,28+,34-/m1/s1. The predicted octanol–water partition coefficient (Wildman–Crippen LogP) is 4.47. The summed E-state index contributed by atoms with van der Waals surface area (Å²) in [7, 11) is -2.03. The van der Waals surface area contributed by atoms with Crippen molar-refractivity contribution in [2.75, 3.05) is 19.4 Å². The number of ketones is 1. The van der Waals surface area contributed by atoms with Gasteiger partial charge in [0.15, 0.2) is 15.6 Å². The van der Waals surface area contributed by atoms with Gasteiger partial charge >= 0.3 is 6.09 Å². The molecule has 1 aromatic carbocycles. The van der Waals surface area contributed by atoms with Crippen LogP contribution in [0.15, 0.2) is 59.9 Å². The average Bonchev–Trinajstić information content (AvgIpc) is 3.88. The first-order valence-corrected chi connectivity index (χ1v) is 17.3. The molecule has 12 nitrogen and oxygen atoms in total. The summed E-state index contributed by atoms with van der Waals surface area (Å²) in [5, 5.41) is 3.81. The highest BCUT2D eigenvalue weighted by Crippen LogP contribution is 2.46. The third kappa shape index (κ3) is 6.71. The van der Waals surface area contributed by atoms with Crippen LogP contribution < -0.4 is 14.8 Å². The number of Topliss-reactive ketones (excluding diaryl/α,β-unsaturated/α-hetero) is 1. The van der Waals surface area contributed by atoms with E-state index in [-0.39, 0.29) is 19.4 Å². The molecule has 6 rings (SSSR count). The number of methoxy groups -OCH3 is 1. The SMILES string of the molecule is C=C[C@@H]1C[C@]1(NC(=O)[C@@H]1C[C@@H](Oc2nc(-c3ccoc3)cc3cc(OC)ccc23)CN1C(=O)OC(C)(C)C)C(=O)CS(=O)(=O)C1CC1. The van der Waals surface area contributed by atoms with E-state index in [1.807, 2.05) is 18.2 Å². The Kier molecular flexibility index (Phi) is 8.31. The van der Waals surface area contributed by atoms with Crippen LogP contribution in [0.2, 0.25) is 0 Å². The molecule has 3 heterocycles. The van der Waals surface area contributed by atoms with Gasteiger partial charge < -0.3 is 23.9 Å². The average molecular weight is 666 g/mol. The van der Waals surface area contributed by atoms with E-state index < -0.39 is 67.8 Å². The molecular formula is C34H39N3O9S. The van der Waals surface area contributed by atoms with Crippen LogP contribution in [0.3, 0.4) is 0 Å². The Bertz CT molecular complexity index is 1830. The summed E-state index contributed by atoms with van der Waals surface area (Å²) in [5.41, 5.74) is -0.907. The second-order valence-electron chi connectivity index (χ2n) is 13.5. The number of likely N-dealkylation sites (tertiary alicyclic amines) is 1. The fourth-order valence-electron chi connectivity index (χ4n) is 6.06. The number of nitrogens with zero attached hydrogens (tertiary/aromatic N) is 2. The molecule has 3 fully saturated rings. The number of hydrogen-bond acceptors (Lipinski definition) is 10. The lowest BCUT2D eigenvalue weighted by molar-refractivity contribution is -0.130. The number of ether oxygens (including phenoxy) is 3. The first kappa shape index (κ1) is 32.5. The first-order valence-electron chi connectivity index (χ1n) is 15.6. The van der Waals surface area contributed by atoms with Crippen molar-refractivity contribution >= 4 is 38.4 Å². The van der Waals surface area contributed by atoms with Crippen molar-refractivity contribution < 1.29 is 41.4 Å². The molecule has 0 bridgehead atoms. The van der Waals surface area contributed by atoms with E-state index in [4.69, 9.17) is 23.6 Å². The third-order valence-electron chi connectivity index (χ3n) is 8.80. The number of rotatable bonds is 11. The topological polar surface area (TPSA) is 154 Å². The van der Waals surface area contributed by atoms with Gasteiger partial charge in [-0.2, -0.15) is 0 Å². The second-order valence-corrected chi connectivity index (χ2v) is 15.8. The van der Waals surface area contributed by atoms with Crippen molar-refractivity contribution in [1.82, 2.24) is 15.2 Å². The Morgan fingerprint density at radius 1 is 1.19 bits per heavy atom. The number of furan rings is 1. The summed E-state index contributed by atoms with van der Waals surface area (Å²) in [6, 6.07) is 8.08. The lowest BCUT2D eigenvalue weighted by Gasteiger charge is -2.29. The zero-order valence-corrected chi connectivity index (χ0v) is 27.7. The minimum atomic E-state index is -3.61. The number of fused-ring (bicyclic) bond motifs is 1. The summed E-state index contributed by atoms with van der Waals surface area (Å²) in [5.74, 6) is -1.30. The quantitative estimate of drug-likeness (QED) is 0.290. The van der Waals surface area contributed by atoms with Gasteiger partial charge in [0.2, 0.25) is 11.8 Å². The normalized spacial score (nSPS) is 24.1.